The Bertz CT molecular complexity index is 573. The highest BCUT2D eigenvalue weighted by Crippen LogP contribution is 2.27. The van der Waals surface area contributed by atoms with Crippen LogP contribution in [0.4, 0.5) is 5.82 Å². The van der Waals surface area contributed by atoms with Gasteiger partial charge in [0.15, 0.2) is 5.82 Å². The summed E-state index contributed by atoms with van der Waals surface area (Å²) in [5, 5.41) is 4.24. The quantitative estimate of drug-likeness (QED) is 0.649. The van der Waals surface area contributed by atoms with Gasteiger partial charge in [-0.2, -0.15) is 5.10 Å². The largest absolute Gasteiger partial charge is 0.308 e. The summed E-state index contributed by atoms with van der Waals surface area (Å²) < 4.78 is 1.85. The van der Waals surface area contributed by atoms with E-state index < -0.39 is 0 Å². The maximum atomic E-state index is 5.57. The zero-order valence-electron chi connectivity index (χ0n) is 11.8. The van der Waals surface area contributed by atoms with Crippen LogP contribution in [0, 0.1) is 6.92 Å². The van der Waals surface area contributed by atoms with Gasteiger partial charge in [0.05, 0.1) is 11.8 Å². The number of nitrogens with zero attached hydrogens (tertiary/aromatic N) is 4. The second kappa shape index (κ2) is 5.36. The molecule has 0 saturated heterocycles. The van der Waals surface area contributed by atoms with Crippen molar-refractivity contribution in [3.8, 4) is 11.4 Å². The summed E-state index contributed by atoms with van der Waals surface area (Å²) in [6.07, 6.45) is 3.71. The third-order valence-corrected chi connectivity index (χ3v) is 3.07. The van der Waals surface area contributed by atoms with Crippen molar-refractivity contribution in [2.45, 2.75) is 40.2 Å². The van der Waals surface area contributed by atoms with Crippen LogP contribution in [0.25, 0.3) is 11.4 Å². The van der Waals surface area contributed by atoms with Crippen LogP contribution in [0.3, 0.4) is 0 Å². The summed E-state index contributed by atoms with van der Waals surface area (Å²) in [6.45, 7) is 9.04. The predicted octanol–water partition coefficient (Wildman–Crippen LogP) is 2.08. The lowest BCUT2D eigenvalue weighted by molar-refractivity contribution is 0.660. The highest BCUT2D eigenvalue weighted by atomic mass is 15.3. The van der Waals surface area contributed by atoms with Gasteiger partial charge in [-0.15, -0.1) is 0 Å². The average molecular weight is 260 g/mol. The van der Waals surface area contributed by atoms with Gasteiger partial charge in [0.25, 0.3) is 0 Å². The van der Waals surface area contributed by atoms with E-state index in [0.717, 1.165) is 23.4 Å². The SMILES string of the molecule is CCn1cc(-c2nc(C)c(C(C)C)c(NN)n2)cn1. The molecule has 2 rings (SSSR count). The molecule has 0 radical (unpaired) electrons. The number of hydrogen-bond acceptors (Lipinski definition) is 5. The van der Waals surface area contributed by atoms with E-state index in [1.54, 1.807) is 6.20 Å². The molecule has 6 heteroatoms. The van der Waals surface area contributed by atoms with E-state index in [4.69, 9.17) is 5.84 Å². The van der Waals surface area contributed by atoms with E-state index in [9.17, 15) is 0 Å². The van der Waals surface area contributed by atoms with Crippen molar-refractivity contribution < 1.29 is 0 Å². The Kier molecular flexibility index (Phi) is 3.80. The number of aromatic nitrogens is 4. The fourth-order valence-corrected chi connectivity index (χ4v) is 2.16. The molecule has 102 valence electrons. The second-order valence-corrected chi connectivity index (χ2v) is 4.78. The first kappa shape index (κ1) is 13.5. The maximum absolute atomic E-state index is 5.57. The van der Waals surface area contributed by atoms with E-state index in [1.807, 2.05) is 24.7 Å². The Balaban J connectivity index is 2.51. The number of hydrazine groups is 1. The van der Waals surface area contributed by atoms with Crippen LogP contribution in [0.15, 0.2) is 12.4 Å². The van der Waals surface area contributed by atoms with Crippen LogP contribution < -0.4 is 11.3 Å². The third-order valence-electron chi connectivity index (χ3n) is 3.07. The van der Waals surface area contributed by atoms with Crippen LogP contribution >= 0.6 is 0 Å². The zero-order valence-corrected chi connectivity index (χ0v) is 11.8. The zero-order chi connectivity index (χ0) is 14.0. The van der Waals surface area contributed by atoms with Crippen molar-refractivity contribution in [3.63, 3.8) is 0 Å². The normalized spacial score (nSPS) is 11.1. The highest BCUT2D eigenvalue weighted by Gasteiger charge is 2.15. The molecule has 0 aliphatic carbocycles. The number of aryl methyl sites for hydroxylation is 2. The molecule has 3 N–H and O–H groups in total. The lowest BCUT2D eigenvalue weighted by Crippen LogP contribution is -2.14. The molecule has 0 fully saturated rings. The molecule has 0 atom stereocenters. The summed E-state index contributed by atoms with van der Waals surface area (Å²) >= 11 is 0. The fourth-order valence-electron chi connectivity index (χ4n) is 2.16. The van der Waals surface area contributed by atoms with Gasteiger partial charge < -0.3 is 5.43 Å². The number of rotatable bonds is 4. The van der Waals surface area contributed by atoms with E-state index >= 15 is 0 Å². The summed E-state index contributed by atoms with van der Waals surface area (Å²) in [5.74, 6) is 7.22. The topological polar surface area (TPSA) is 81.7 Å². The molecule has 2 aromatic heterocycles. The summed E-state index contributed by atoms with van der Waals surface area (Å²) in [4.78, 5) is 9.05. The summed E-state index contributed by atoms with van der Waals surface area (Å²) in [6, 6.07) is 0. The Morgan fingerprint density at radius 2 is 2.11 bits per heavy atom. The number of hydrogen-bond donors (Lipinski definition) is 2. The van der Waals surface area contributed by atoms with Crippen molar-refractivity contribution in [1.82, 2.24) is 19.7 Å². The van der Waals surface area contributed by atoms with Crippen LogP contribution in [-0.4, -0.2) is 19.7 Å². The summed E-state index contributed by atoms with van der Waals surface area (Å²) in [5.41, 5.74) is 5.56. The van der Waals surface area contributed by atoms with E-state index in [0.29, 0.717) is 17.6 Å². The Morgan fingerprint density at radius 1 is 1.37 bits per heavy atom. The number of nitrogens with two attached hydrogens (primary N) is 1. The lowest BCUT2D eigenvalue weighted by Gasteiger charge is -2.14. The fraction of sp³-hybridized carbons (Fsp3) is 0.462. The molecule has 0 bridgehead atoms. The minimum Gasteiger partial charge on any atom is -0.308 e. The highest BCUT2D eigenvalue weighted by molar-refractivity contribution is 5.58. The molecule has 0 unspecified atom stereocenters. The van der Waals surface area contributed by atoms with Gasteiger partial charge in [0.1, 0.15) is 5.82 Å². The first-order valence-corrected chi connectivity index (χ1v) is 6.44. The maximum Gasteiger partial charge on any atom is 0.165 e. The van der Waals surface area contributed by atoms with Gasteiger partial charge in [-0.05, 0) is 19.8 Å². The van der Waals surface area contributed by atoms with Gasteiger partial charge in [-0.1, -0.05) is 13.8 Å². The molecule has 2 aromatic rings. The second-order valence-electron chi connectivity index (χ2n) is 4.78. The first-order chi connectivity index (χ1) is 9.06. The van der Waals surface area contributed by atoms with Crippen LogP contribution in [-0.2, 0) is 6.54 Å². The van der Waals surface area contributed by atoms with E-state index in [-0.39, 0.29) is 0 Å². The molecule has 0 saturated carbocycles. The molecule has 0 aliphatic heterocycles. The lowest BCUT2D eigenvalue weighted by atomic mass is 10.0. The molecular weight excluding hydrogens is 240 g/mol. The van der Waals surface area contributed by atoms with Crippen molar-refractivity contribution in [3.05, 3.63) is 23.7 Å². The summed E-state index contributed by atoms with van der Waals surface area (Å²) in [7, 11) is 0. The molecule has 19 heavy (non-hydrogen) atoms. The number of anilines is 1. The van der Waals surface area contributed by atoms with Crippen molar-refractivity contribution in [2.24, 2.45) is 5.84 Å². The van der Waals surface area contributed by atoms with Gasteiger partial charge in [-0.25, -0.2) is 15.8 Å². The van der Waals surface area contributed by atoms with Crippen LogP contribution in [0.2, 0.25) is 0 Å². The smallest absolute Gasteiger partial charge is 0.165 e. The van der Waals surface area contributed by atoms with Crippen molar-refractivity contribution >= 4 is 5.82 Å². The van der Waals surface area contributed by atoms with Gasteiger partial charge >= 0.3 is 0 Å². The first-order valence-electron chi connectivity index (χ1n) is 6.44. The monoisotopic (exact) mass is 260 g/mol. The molecule has 0 aliphatic rings. The minimum atomic E-state index is 0.318. The van der Waals surface area contributed by atoms with Gasteiger partial charge in [-0.3, -0.25) is 4.68 Å². The molecule has 0 amide bonds. The third kappa shape index (κ3) is 2.58. The Hall–Kier alpha value is -1.95. The van der Waals surface area contributed by atoms with Gasteiger partial charge in [0.2, 0.25) is 0 Å². The minimum absolute atomic E-state index is 0.318. The van der Waals surface area contributed by atoms with Crippen molar-refractivity contribution in [1.29, 1.82) is 0 Å². The molecule has 0 aromatic carbocycles. The number of nitrogen functional groups attached to an aromatic ring is 1. The average Bonchev–Trinajstić information content (AvgIpc) is 2.85. The molecule has 0 spiro atoms. The molecular formula is C13H20N6. The molecule has 2 heterocycles. The number of nitrogens with one attached hydrogen (secondary N) is 1. The Labute approximate surface area is 113 Å². The van der Waals surface area contributed by atoms with Crippen molar-refractivity contribution in [2.75, 3.05) is 5.43 Å². The Morgan fingerprint density at radius 3 is 2.63 bits per heavy atom. The van der Waals surface area contributed by atoms with E-state index in [1.165, 1.54) is 0 Å². The standard InChI is InChI=1S/C13H20N6/c1-5-19-7-10(6-15-19)12-16-9(4)11(8(2)3)13(17-12)18-14/h6-8H,5,14H2,1-4H3,(H,16,17,18). The van der Waals surface area contributed by atoms with Crippen LogP contribution in [0.5, 0.6) is 0 Å². The van der Waals surface area contributed by atoms with Crippen LogP contribution in [0.1, 0.15) is 37.9 Å². The van der Waals surface area contributed by atoms with E-state index in [2.05, 4.69) is 34.3 Å². The van der Waals surface area contributed by atoms with Gasteiger partial charge in [0, 0.05) is 24.0 Å². The predicted molar refractivity (Wildman–Crippen MR) is 75.6 cm³/mol. The molecule has 6 nitrogen and oxygen atoms in total.